The molecule has 0 saturated carbocycles. The van der Waals surface area contributed by atoms with Gasteiger partial charge >= 0.3 is 0 Å². The summed E-state index contributed by atoms with van der Waals surface area (Å²) in [6, 6.07) is 0. The first-order valence-electron chi connectivity index (χ1n) is 2.54. The van der Waals surface area contributed by atoms with Crippen molar-refractivity contribution in [2.45, 2.75) is 0 Å². The lowest BCUT2D eigenvalue weighted by Crippen LogP contribution is -1.90. The molecule has 0 aromatic carbocycles. The van der Waals surface area contributed by atoms with Crippen LogP contribution in [-0.2, 0) is 7.05 Å². The summed E-state index contributed by atoms with van der Waals surface area (Å²) in [4.78, 5) is 4.03. The van der Waals surface area contributed by atoms with E-state index in [1.165, 1.54) is 0 Å². The summed E-state index contributed by atoms with van der Waals surface area (Å²) in [5, 5.41) is 0. The van der Waals surface area contributed by atoms with Gasteiger partial charge in [0.05, 0.1) is 4.48 Å². The first kappa shape index (κ1) is 6.55. The van der Waals surface area contributed by atoms with Crippen molar-refractivity contribution in [3.05, 3.63) is 24.8 Å². The lowest BCUT2D eigenvalue weighted by atomic mass is 10.6. The van der Waals surface area contributed by atoms with Gasteiger partial charge in [0, 0.05) is 19.4 Å². The van der Waals surface area contributed by atoms with E-state index in [1.807, 2.05) is 17.8 Å². The van der Waals surface area contributed by atoms with Gasteiger partial charge in [-0.2, -0.15) is 0 Å². The average molecular weight is 187 g/mol. The fourth-order valence-electron chi connectivity index (χ4n) is 0.627. The van der Waals surface area contributed by atoms with E-state index in [1.54, 1.807) is 6.20 Å². The summed E-state index contributed by atoms with van der Waals surface area (Å²) in [6.45, 7) is 3.69. The molecule has 1 rings (SSSR count). The maximum Gasteiger partial charge on any atom is 0.146 e. The van der Waals surface area contributed by atoms with E-state index in [0.29, 0.717) is 0 Å². The van der Waals surface area contributed by atoms with Crippen LogP contribution in [0.15, 0.2) is 19.0 Å². The minimum absolute atomic E-state index is 0.815. The molecule has 0 fully saturated rings. The Kier molecular flexibility index (Phi) is 1.71. The fraction of sp³-hybridized carbons (Fsp3) is 0.167. The lowest BCUT2D eigenvalue weighted by molar-refractivity contribution is 0.896. The van der Waals surface area contributed by atoms with Crippen molar-refractivity contribution in [3.63, 3.8) is 0 Å². The molecule has 2 nitrogen and oxygen atoms in total. The van der Waals surface area contributed by atoms with E-state index in [2.05, 4.69) is 27.5 Å². The fourth-order valence-corrected chi connectivity index (χ4v) is 1.01. The Morgan fingerprint density at radius 3 is 2.78 bits per heavy atom. The topological polar surface area (TPSA) is 17.8 Å². The van der Waals surface area contributed by atoms with Crippen LogP contribution < -0.4 is 0 Å². The number of hydrogen-bond donors (Lipinski definition) is 0. The van der Waals surface area contributed by atoms with Crippen LogP contribution in [0.2, 0.25) is 0 Å². The van der Waals surface area contributed by atoms with Crippen molar-refractivity contribution in [2.75, 3.05) is 0 Å². The molecule has 0 spiro atoms. The van der Waals surface area contributed by atoms with Gasteiger partial charge in [-0.05, 0) is 15.9 Å². The summed E-state index contributed by atoms with van der Waals surface area (Å²) < 4.78 is 2.71. The number of aryl methyl sites for hydroxylation is 1. The summed E-state index contributed by atoms with van der Waals surface area (Å²) in [7, 11) is 1.93. The van der Waals surface area contributed by atoms with Crippen molar-refractivity contribution in [2.24, 2.45) is 7.05 Å². The summed E-state index contributed by atoms with van der Waals surface area (Å²) in [5.74, 6) is 0.870. The normalized spacial score (nSPS) is 9.56. The largest absolute Gasteiger partial charge is 0.334 e. The van der Waals surface area contributed by atoms with Gasteiger partial charge < -0.3 is 4.57 Å². The van der Waals surface area contributed by atoms with Crippen molar-refractivity contribution in [3.8, 4) is 0 Å². The van der Waals surface area contributed by atoms with Crippen molar-refractivity contribution >= 4 is 20.4 Å². The molecule has 3 heteroatoms. The molecule has 0 aliphatic carbocycles. The van der Waals surface area contributed by atoms with E-state index in [-0.39, 0.29) is 0 Å². The van der Waals surface area contributed by atoms with Gasteiger partial charge in [0.2, 0.25) is 0 Å². The lowest BCUT2D eigenvalue weighted by Gasteiger charge is -1.95. The summed E-state index contributed by atoms with van der Waals surface area (Å²) >= 11 is 3.23. The number of aromatic nitrogens is 2. The predicted octanol–water partition coefficient (Wildman–Crippen LogP) is 1.79. The monoisotopic (exact) mass is 186 g/mol. The molecule has 1 aromatic heterocycles. The van der Waals surface area contributed by atoms with Crippen LogP contribution in [0.25, 0.3) is 4.48 Å². The number of rotatable bonds is 1. The van der Waals surface area contributed by atoms with Gasteiger partial charge in [0.25, 0.3) is 0 Å². The molecule has 1 aromatic rings. The number of hydrogen-bond acceptors (Lipinski definition) is 1. The number of halogens is 1. The third-order valence-electron chi connectivity index (χ3n) is 1.06. The highest BCUT2D eigenvalue weighted by molar-refractivity contribution is 9.15. The Balaban J connectivity index is 3.08. The molecule has 0 atom stereocenters. The van der Waals surface area contributed by atoms with Crippen LogP contribution in [0.5, 0.6) is 0 Å². The van der Waals surface area contributed by atoms with Gasteiger partial charge in [-0.1, -0.05) is 6.58 Å². The maximum absolute atomic E-state index is 4.03. The molecule has 0 aliphatic rings. The molecule has 0 aliphatic heterocycles. The molecule has 0 radical (unpaired) electrons. The Labute approximate surface area is 62.3 Å². The highest BCUT2D eigenvalue weighted by Crippen LogP contribution is 2.14. The Bertz CT molecular complexity index is 227. The molecule has 0 amide bonds. The molecule has 0 N–H and O–H groups in total. The standard InChI is InChI=1S/C6H7BrN2/c1-5(7)6-8-3-4-9(6)2/h3-4H,1H2,2H3. The Morgan fingerprint density at radius 2 is 2.56 bits per heavy atom. The highest BCUT2D eigenvalue weighted by atomic mass is 79.9. The second kappa shape index (κ2) is 2.35. The maximum atomic E-state index is 4.03. The van der Waals surface area contributed by atoms with E-state index < -0.39 is 0 Å². The van der Waals surface area contributed by atoms with Crippen LogP contribution >= 0.6 is 15.9 Å². The van der Waals surface area contributed by atoms with Gasteiger partial charge in [0.15, 0.2) is 0 Å². The van der Waals surface area contributed by atoms with Gasteiger partial charge in [-0.3, -0.25) is 0 Å². The zero-order chi connectivity index (χ0) is 6.85. The molecule has 9 heavy (non-hydrogen) atoms. The van der Waals surface area contributed by atoms with E-state index in [9.17, 15) is 0 Å². The second-order valence-corrected chi connectivity index (χ2v) is 2.72. The van der Waals surface area contributed by atoms with Gasteiger partial charge in [0.1, 0.15) is 5.82 Å². The first-order chi connectivity index (χ1) is 4.22. The zero-order valence-corrected chi connectivity index (χ0v) is 6.72. The van der Waals surface area contributed by atoms with E-state index in [0.717, 1.165) is 10.3 Å². The van der Waals surface area contributed by atoms with Crippen molar-refractivity contribution in [1.29, 1.82) is 0 Å². The van der Waals surface area contributed by atoms with Crippen LogP contribution in [-0.4, -0.2) is 9.55 Å². The van der Waals surface area contributed by atoms with E-state index in [4.69, 9.17) is 0 Å². The van der Waals surface area contributed by atoms with Crippen LogP contribution in [0, 0.1) is 0 Å². The summed E-state index contributed by atoms with van der Waals surface area (Å²) in [5.41, 5.74) is 0. The number of imidazole rings is 1. The average Bonchev–Trinajstić information content (AvgIpc) is 2.13. The molecule has 0 unspecified atom stereocenters. The smallest absolute Gasteiger partial charge is 0.146 e. The minimum Gasteiger partial charge on any atom is -0.334 e. The molecule has 48 valence electrons. The highest BCUT2D eigenvalue weighted by Gasteiger charge is 1.97. The van der Waals surface area contributed by atoms with Crippen molar-refractivity contribution in [1.82, 2.24) is 9.55 Å². The Hall–Kier alpha value is -0.570. The third kappa shape index (κ3) is 1.21. The van der Waals surface area contributed by atoms with Crippen molar-refractivity contribution < 1.29 is 0 Å². The second-order valence-electron chi connectivity index (χ2n) is 1.77. The molecule has 1 heterocycles. The molecule has 0 bridgehead atoms. The van der Waals surface area contributed by atoms with Gasteiger partial charge in [-0.25, -0.2) is 4.98 Å². The Morgan fingerprint density at radius 1 is 1.89 bits per heavy atom. The van der Waals surface area contributed by atoms with Crippen LogP contribution in [0.4, 0.5) is 0 Å². The van der Waals surface area contributed by atoms with Gasteiger partial charge in [-0.15, -0.1) is 0 Å². The minimum atomic E-state index is 0.815. The van der Waals surface area contributed by atoms with Crippen LogP contribution in [0.1, 0.15) is 5.82 Å². The van der Waals surface area contributed by atoms with Crippen LogP contribution in [0.3, 0.4) is 0 Å². The van der Waals surface area contributed by atoms with E-state index >= 15 is 0 Å². The molecular weight excluding hydrogens is 180 g/mol. The predicted molar refractivity (Wildman–Crippen MR) is 41.2 cm³/mol. The number of nitrogens with zero attached hydrogens (tertiary/aromatic N) is 2. The first-order valence-corrected chi connectivity index (χ1v) is 3.33. The quantitative estimate of drug-likeness (QED) is 0.655. The third-order valence-corrected chi connectivity index (χ3v) is 1.42. The SMILES string of the molecule is C=C(Br)c1nccn1C. The zero-order valence-electron chi connectivity index (χ0n) is 5.13. The summed E-state index contributed by atoms with van der Waals surface area (Å²) in [6.07, 6.45) is 3.61. The molecular formula is C6H7BrN2. The molecule has 0 saturated heterocycles.